The third-order valence-corrected chi connectivity index (χ3v) is 1.83. The molecule has 0 heterocycles. The molecule has 0 aromatic rings. The van der Waals surface area contributed by atoms with Crippen LogP contribution in [0.25, 0.3) is 0 Å². The van der Waals surface area contributed by atoms with E-state index in [4.69, 9.17) is 23.8 Å². The summed E-state index contributed by atoms with van der Waals surface area (Å²) in [5.74, 6) is 4.62. The minimum absolute atomic E-state index is 0.0152. The lowest BCUT2D eigenvalue weighted by Gasteiger charge is -2.28. The Morgan fingerprint density at radius 2 is 1.67 bits per heavy atom. The minimum atomic E-state index is -0.796. The second kappa shape index (κ2) is 8.28. The zero-order valence-corrected chi connectivity index (χ0v) is 8.57. The van der Waals surface area contributed by atoms with E-state index < -0.39 is 5.41 Å². The molecule has 4 heteroatoms. The highest BCUT2D eigenvalue weighted by Gasteiger charge is 2.29. The molecule has 0 aliphatic carbocycles. The van der Waals surface area contributed by atoms with Crippen molar-refractivity contribution in [2.75, 3.05) is 39.6 Å². The largest absolute Gasteiger partial charge is 0.396 e. The van der Waals surface area contributed by atoms with Crippen LogP contribution >= 0.6 is 0 Å². The van der Waals surface area contributed by atoms with Crippen LogP contribution in [0.5, 0.6) is 0 Å². The Kier molecular flexibility index (Phi) is 6.64. The molecular formula is C11H16O4. The third-order valence-electron chi connectivity index (χ3n) is 1.83. The quantitative estimate of drug-likeness (QED) is 0.391. The van der Waals surface area contributed by atoms with Crippen LogP contribution in [0, 0.1) is 30.1 Å². The number of rotatable bonds is 9. The van der Waals surface area contributed by atoms with Crippen molar-refractivity contribution >= 4 is 0 Å². The molecule has 0 saturated heterocycles. The Morgan fingerprint density at radius 3 is 2.00 bits per heavy atom. The average molecular weight is 213 g/mol. The summed E-state index contributed by atoms with van der Waals surface area (Å²) in [7, 11) is 0. The molecule has 0 spiro atoms. The van der Waals surface area contributed by atoms with E-state index in [-0.39, 0.29) is 39.6 Å². The maximum atomic E-state index is 9.28. The molecular weight excluding hydrogens is 196 g/mol. The van der Waals surface area contributed by atoms with Crippen LogP contribution < -0.4 is 0 Å². The molecule has 0 aliphatic heterocycles. The number of hydrogen-bond acceptors (Lipinski definition) is 4. The van der Waals surface area contributed by atoms with E-state index >= 15 is 0 Å². The third kappa shape index (κ3) is 5.41. The van der Waals surface area contributed by atoms with Crippen molar-refractivity contribution in [1.82, 2.24) is 0 Å². The van der Waals surface area contributed by atoms with Crippen molar-refractivity contribution in [2.24, 2.45) is 5.41 Å². The number of ether oxygens (including phenoxy) is 2. The first-order valence-corrected chi connectivity index (χ1v) is 4.46. The number of aliphatic hydroxyl groups excluding tert-OH is 2. The van der Waals surface area contributed by atoms with E-state index in [1.54, 1.807) is 0 Å². The van der Waals surface area contributed by atoms with Crippen LogP contribution in [0.4, 0.5) is 0 Å². The van der Waals surface area contributed by atoms with Gasteiger partial charge in [-0.15, -0.1) is 12.8 Å². The normalized spacial score (nSPS) is 11.5. The number of aliphatic hydroxyl groups is 2. The van der Waals surface area contributed by atoms with Crippen molar-refractivity contribution in [3.05, 3.63) is 0 Å². The Bertz CT molecular complexity index is 234. The van der Waals surface area contributed by atoms with Crippen LogP contribution in [-0.4, -0.2) is 51.3 Å². The van der Waals surface area contributed by atoms with Gasteiger partial charge in [-0.25, -0.2) is 0 Å². The van der Waals surface area contributed by atoms with Gasteiger partial charge in [0.25, 0.3) is 0 Å². The van der Waals surface area contributed by atoms with Crippen molar-refractivity contribution in [2.45, 2.75) is 0 Å². The summed E-state index contributed by atoms with van der Waals surface area (Å²) in [5, 5.41) is 13.6. The van der Waals surface area contributed by atoms with Gasteiger partial charge in [0.05, 0.1) is 31.8 Å². The van der Waals surface area contributed by atoms with Crippen molar-refractivity contribution in [3.63, 3.8) is 0 Å². The highest BCUT2D eigenvalue weighted by Crippen LogP contribution is 2.16. The number of hydrogen-bond donors (Lipinski definition) is 2. The topological polar surface area (TPSA) is 58.9 Å². The standard InChI is InChI=1S/C11H16O4/c1-3-5-14-9-11(7-12,8-13)10-15-6-4-2/h1-2,12-13H,5-10H2/i12D. The molecule has 0 bridgehead atoms. The maximum Gasteiger partial charge on any atom is 0.210 e. The highest BCUT2D eigenvalue weighted by molar-refractivity contribution is 4.86. The van der Waals surface area contributed by atoms with Gasteiger partial charge in [0.2, 0.25) is 1.43 Å². The van der Waals surface area contributed by atoms with Gasteiger partial charge < -0.3 is 19.7 Å². The Hall–Kier alpha value is -1.04. The smallest absolute Gasteiger partial charge is 0.210 e. The zero-order chi connectivity index (χ0) is 12.3. The van der Waals surface area contributed by atoms with Gasteiger partial charge in [-0.05, 0) is 0 Å². The molecule has 0 aromatic heterocycles. The molecule has 0 fully saturated rings. The minimum Gasteiger partial charge on any atom is -0.396 e. The monoisotopic (exact) mass is 213 g/mol. The van der Waals surface area contributed by atoms with Gasteiger partial charge in [-0.2, -0.15) is 0 Å². The van der Waals surface area contributed by atoms with Gasteiger partial charge in [0.15, 0.2) is 0 Å². The first-order chi connectivity index (χ1) is 7.74. The van der Waals surface area contributed by atoms with E-state index in [2.05, 4.69) is 16.9 Å². The lowest BCUT2D eigenvalue weighted by Crippen LogP contribution is -2.39. The van der Waals surface area contributed by atoms with Crippen LogP contribution in [0.2, 0.25) is 0 Å². The van der Waals surface area contributed by atoms with E-state index in [9.17, 15) is 5.11 Å². The molecule has 0 radical (unpaired) electrons. The molecule has 0 saturated carbocycles. The SMILES string of the molecule is [2H]OCC(CO)(COCC#C)COCC#C. The number of terminal acetylenes is 2. The van der Waals surface area contributed by atoms with Crippen LogP contribution in [0.1, 0.15) is 0 Å². The lowest BCUT2D eigenvalue weighted by atomic mass is 9.92. The van der Waals surface area contributed by atoms with E-state index in [1.165, 1.54) is 0 Å². The van der Waals surface area contributed by atoms with Crippen molar-refractivity contribution in [1.29, 1.82) is 1.43 Å². The molecule has 0 unspecified atom stereocenters. The van der Waals surface area contributed by atoms with Gasteiger partial charge >= 0.3 is 0 Å². The van der Waals surface area contributed by atoms with Gasteiger partial charge in [-0.3, -0.25) is 0 Å². The molecule has 15 heavy (non-hydrogen) atoms. The zero-order valence-electron chi connectivity index (χ0n) is 9.57. The average Bonchev–Trinajstić information content (AvgIpc) is 2.29. The lowest BCUT2D eigenvalue weighted by molar-refractivity contribution is -0.0669. The molecule has 84 valence electrons. The first-order valence-electron chi connectivity index (χ1n) is 4.87. The summed E-state index contributed by atoms with van der Waals surface area (Å²) >= 11 is 0. The van der Waals surface area contributed by atoms with Crippen LogP contribution in [0.15, 0.2) is 0 Å². The fourth-order valence-electron chi connectivity index (χ4n) is 0.915. The fourth-order valence-corrected chi connectivity index (χ4v) is 0.915. The van der Waals surface area contributed by atoms with E-state index in [1.807, 2.05) is 0 Å². The van der Waals surface area contributed by atoms with Crippen molar-refractivity contribution in [3.8, 4) is 24.7 Å². The summed E-state index contributed by atoms with van der Waals surface area (Å²) in [6.45, 7) is 0.317. The fraction of sp³-hybridized carbons (Fsp3) is 0.636. The summed E-state index contributed by atoms with van der Waals surface area (Å²) in [6, 6.07) is 0. The Morgan fingerprint density at radius 1 is 1.13 bits per heavy atom. The second-order valence-electron chi connectivity index (χ2n) is 3.20. The van der Waals surface area contributed by atoms with Crippen LogP contribution in [0.3, 0.4) is 0 Å². The highest BCUT2D eigenvalue weighted by atomic mass is 16.5. The van der Waals surface area contributed by atoms with E-state index in [0.717, 1.165) is 0 Å². The molecule has 0 rings (SSSR count). The predicted molar refractivity (Wildman–Crippen MR) is 55.9 cm³/mol. The van der Waals surface area contributed by atoms with Crippen molar-refractivity contribution < 1.29 is 19.7 Å². The molecule has 0 amide bonds. The summed E-state index contributed by atoms with van der Waals surface area (Å²) in [4.78, 5) is 0. The maximum absolute atomic E-state index is 9.28. The second-order valence-corrected chi connectivity index (χ2v) is 3.20. The molecule has 0 atom stereocenters. The van der Waals surface area contributed by atoms with Gasteiger partial charge in [-0.1, -0.05) is 11.8 Å². The van der Waals surface area contributed by atoms with Gasteiger partial charge in [0.1, 0.15) is 13.2 Å². The summed E-state index contributed by atoms with van der Waals surface area (Å²) in [6.07, 6.45) is 10.1. The summed E-state index contributed by atoms with van der Waals surface area (Å²) in [5.41, 5.74) is -0.796. The molecule has 0 aromatic carbocycles. The molecule has 0 aliphatic rings. The Balaban J connectivity index is 4.22. The van der Waals surface area contributed by atoms with E-state index in [0.29, 0.717) is 0 Å². The summed E-state index contributed by atoms with van der Waals surface area (Å²) < 4.78 is 17.0. The molecule has 4 nitrogen and oxygen atoms in total. The first kappa shape index (κ1) is 12.0. The van der Waals surface area contributed by atoms with Gasteiger partial charge in [0, 0.05) is 0 Å². The van der Waals surface area contributed by atoms with Crippen LogP contribution in [-0.2, 0) is 9.47 Å². The molecule has 2 N–H and O–H groups in total. The Labute approximate surface area is 91.7 Å². The predicted octanol–water partition coefficient (Wildman–Crippen LogP) is -0.743.